The number of anilines is 2. The van der Waals surface area contributed by atoms with Crippen LogP contribution < -0.4 is 15.4 Å². The lowest BCUT2D eigenvalue weighted by atomic mass is 10.2. The first-order valence-corrected chi connectivity index (χ1v) is 12.3. The van der Waals surface area contributed by atoms with Gasteiger partial charge >= 0.3 is 6.09 Å². The molecule has 0 aliphatic heterocycles. The van der Waals surface area contributed by atoms with E-state index in [4.69, 9.17) is 10.5 Å². The van der Waals surface area contributed by atoms with Crippen LogP contribution in [-0.4, -0.2) is 42.2 Å². The van der Waals surface area contributed by atoms with Gasteiger partial charge in [0.2, 0.25) is 0 Å². The third-order valence-electron chi connectivity index (χ3n) is 5.56. The number of nitrogens with zero attached hydrogens (tertiary/aromatic N) is 2. The maximum atomic E-state index is 13.9. The number of nitrogens with one attached hydrogen (secondary N) is 2. The molecule has 1 aliphatic carbocycles. The predicted molar refractivity (Wildman–Crippen MR) is 127 cm³/mol. The van der Waals surface area contributed by atoms with Crippen LogP contribution in [0.2, 0.25) is 0 Å². The van der Waals surface area contributed by atoms with E-state index >= 15 is 0 Å². The number of H-pyrrole nitrogens is 1. The number of pyridine rings is 1. The van der Waals surface area contributed by atoms with Gasteiger partial charge in [-0.2, -0.15) is 0 Å². The third kappa shape index (κ3) is 4.75. The fourth-order valence-corrected chi connectivity index (χ4v) is 5.99. The maximum absolute atomic E-state index is 13.9. The van der Waals surface area contributed by atoms with Crippen LogP contribution in [0.5, 0.6) is 0 Å². The van der Waals surface area contributed by atoms with E-state index in [0.717, 1.165) is 0 Å². The molecule has 4 N–H and O–H groups in total. The predicted octanol–water partition coefficient (Wildman–Crippen LogP) is 3.79. The SMILES string of the molecule is CC(C)(C)OC(=O)N[C@H]1CC[C@@H](N(c2c(N)cnc3[nH]ccc23)S(=O)(=O)c2ccccc2)C1. The number of aromatic nitrogens is 2. The van der Waals surface area contributed by atoms with Gasteiger partial charge in [0.1, 0.15) is 11.2 Å². The number of benzene rings is 1. The van der Waals surface area contributed by atoms with Crippen molar-refractivity contribution < 1.29 is 17.9 Å². The number of nitrogen functional groups attached to an aromatic ring is 1. The second kappa shape index (κ2) is 8.58. The molecule has 2 heterocycles. The number of amides is 1. The molecule has 9 nitrogen and oxygen atoms in total. The number of aromatic amines is 1. The van der Waals surface area contributed by atoms with Gasteiger partial charge in [-0.15, -0.1) is 0 Å². The van der Waals surface area contributed by atoms with Crippen LogP contribution >= 0.6 is 0 Å². The van der Waals surface area contributed by atoms with Crippen molar-refractivity contribution >= 4 is 38.5 Å². The summed E-state index contributed by atoms with van der Waals surface area (Å²) in [5, 5.41) is 3.50. The highest BCUT2D eigenvalue weighted by Gasteiger charge is 2.39. The van der Waals surface area contributed by atoms with Gasteiger partial charge in [-0.25, -0.2) is 18.2 Å². The van der Waals surface area contributed by atoms with Crippen LogP contribution in [0.3, 0.4) is 0 Å². The Bertz CT molecular complexity index is 1250. The number of hydrogen-bond acceptors (Lipinski definition) is 6. The highest BCUT2D eigenvalue weighted by molar-refractivity contribution is 7.93. The van der Waals surface area contributed by atoms with Crippen LogP contribution in [-0.2, 0) is 14.8 Å². The lowest BCUT2D eigenvalue weighted by Crippen LogP contribution is -2.42. The zero-order chi connectivity index (χ0) is 23.8. The van der Waals surface area contributed by atoms with E-state index in [2.05, 4.69) is 15.3 Å². The summed E-state index contributed by atoms with van der Waals surface area (Å²) in [5.74, 6) is 0. The summed E-state index contributed by atoms with van der Waals surface area (Å²) < 4.78 is 34.5. The first-order chi connectivity index (χ1) is 15.6. The Balaban J connectivity index is 1.71. The standard InChI is InChI=1S/C23H29N5O4S/c1-23(2,3)32-22(29)27-15-9-10-16(13-15)28(33(30,31)17-7-5-4-6-8-17)20-18-11-12-25-21(18)26-14-19(20)24/h4-8,11-12,14-16H,9-10,13,24H2,1-3H3,(H,25,26)(H,27,29)/t15-,16+/m0/s1. The lowest BCUT2D eigenvalue weighted by molar-refractivity contribution is 0.0505. The van der Waals surface area contributed by atoms with E-state index in [1.165, 1.54) is 10.5 Å². The number of hydrogen-bond donors (Lipinski definition) is 3. The molecule has 10 heteroatoms. The third-order valence-corrected chi connectivity index (χ3v) is 7.43. The van der Waals surface area contributed by atoms with Gasteiger partial charge in [0.05, 0.1) is 22.5 Å². The van der Waals surface area contributed by atoms with Gasteiger partial charge in [0.25, 0.3) is 10.0 Å². The Morgan fingerprint density at radius 2 is 1.94 bits per heavy atom. The topological polar surface area (TPSA) is 130 Å². The molecule has 176 valence electrons. The van der Waals surface area contributed by atoms with Gasteiger partial charge in [-0.1, -0.05) is 18.2 Å². The Morgan fingerprint density at radius 1 is 1.21 bits per heavy atom. The van der Waals surface area contributed by atoms with Crippen molar-refractivity contribution in [2.45, 2.75) is 62.6 Å². The lowest BCUT2D eigenvalue weighted by Gasteiger charge is -2.32. The van der Waals surface area contributed by atoms with Crippen molar-refractivity contribution in [3.63, 3.8) is 0 Å². The molecule has 1 aliphatic rings. The molecule has 33 heavy (non-hydrogen) atoms. The summed E-state index contributed by atoms with van der Waals surface area (Å²) in [4.78, 5) is 19.7. The van der Waals surface area contributed by atoms with Crippen LogP contribution in [0.25, 0.3) is 11.0 Å². The molecule has 1 amide bonds. The van der Waals surface area contributed by atoms with E-state index in [9.17, 15) is 13.2 Å². The minimum Gasteiger partial charge on any atom is -0.444 e. The fourth-order valence-electron chi connectivity index (χ4n) is 4.24. The molecule has 0 spiro atoms. The molecule has 0 saturated heterocycles. The molecule has 3 aromatic rings. The average Bonchev–Trinajstić information content (AvgIpc) is 3.38. The second-order valence-electron chi connectivity index (χ2n) is 9.23. The maximum Gasteiger partial charge on any atom is 0.407 e. The number of carbonyl (C=O) groups is 1. The van der Waals surface area contributed by atoms with Crippen LogP contribution in [0.1, 0.15) is 40.0 Å². The number of rotatable bonds is 5. The normalized spacial score (nSPS) is 18.9. The van der Waals surface area contributed by atoms with Crippen LogP contribution in [0.4, 0.5) is 16.2 Å². The molecule has 0 unspecified atom stereocenters. The summed E-state index contributed by atoms with van der Waals surface area (Å²) >= 11 is 0. The van der Waals surface area contributed by atoms with E-state index in [1.54, 1.807) is 63.4 Å². The number of ether oxygens (including phenoxy) is 1. The number of fused-ring (bicyclic) bond motifs is 1. The van der Waals surface area contributed by atoms with E-state index in [1.807, 2.05) is 0 Å². The van der Waals surface area contributed by atoms with E-state index < -0.39 is 27.8 Å². The molecule has 2 aromatic heterocycles. The molecule has 0 radical (unpaired) electrons. The molecular formula is C23H29N5O4S. The van der Waals surface area contributed by atoms with Crippen LogP contribution in [0, 0.1) is 0 Å². The molecule has 1 fully saturated rings. The smallest absolute Gasteiger partial charge is 0.407 e. The van der Waals surface area contributed by atoms with Crippen molar-refractivity contribution in [1.82, 2.24) is 15.3 Å². The Hall–Kier alpha value is -3.27. The Kier molecular flexibility index (Phi) is 5.96. The minimum absolute atomic E-state index is 0.174. The number of nitrogens with two attached hydrogens (primary N) is 1. The zero-order valence-corrected chi connectivity index (χ0v) is 19.7. The number of carbonyl (C=O) groups excluding carboxylic acids is 1. The molecule has 2 atom stereocenters. The number of alkyl carbamates (subject to hydrolysis) is 1. The molecular weight excluding hydrogens is 442 g/mol. The zero-order valence-electron chi connectivity index (χ0n) is 18.9. The van der Waals surface area contributed by atoms with Gasteiger partial charge in [0.15, 0.2) is 0 Å². The van der Waals surface area contributed by atoms with Crippen molar-refractivity contribution in [2.24, 2.45) is 0 Å². The van der Waals surface area contributed by atoms with Gasteiger partial charge in [-0.05, 0) is 58.2 Å². The Morgan fingerprint density at radius 3 is 2.64 bits per heavy atom. The fraction of sp³-hybridized carbons (Fsp3) is 0.391. The van der Waals surface area contributed by atoms with Crippen molar-refractivity contribution in [3.8, 4) is 0 Å². The summed E-state index contributed by atoms with van der Waals surface area (Å²) in [5.41, 5.74) is 6.90. The molecule has 0 bridgehead atoms. The van der Waals surface area contributed by atoms with Crippen molar-refractivity contribution in [3.05, 3.63) is 48.8 Å². The highest BCUT2D eigenvalue weighted by Crippen LogP contribution is 2.40. The van der Waals surface area contributed by atoms with Crippen LogP contribution in [0.15, 0.2) is 53.7 Å². The first-order valence-electron chi connectivity index (χ1n) is 10.9. The van der Waals surface area contributed by atoms with Gasteiger partial charge in [0, 0.05) is 23.7 Å². The average molecular weight is 472 g/mol. The highest BCUT2D eigenvalue weighted by atomic mass is 32.2. The van der Waals surface area contributed by atoms with E-state index in [-0.39, 0.29) is 16.6 Å². The minimum atomic E-state index is -3.94. The Labute approximate surface area is 193 Å². The molecule has 4 rings (SSSR count). The van der Waals surface area contributed by atoms with Crippen molar-refractivity contribution in [2.75, 3.05) is 10.0 Å². The van der Waals surface area contributed by atoms with E-state index in [0.29, 0.717) is 36.0 Å². The summed E-state index contributed by atoms with van der Waals surface area (Å²) in [7, 11) is -3.94. The monoisotopic (exact) mass is 471 g/mol. The summed E-state index contributed by atoms with van der Waals surface area (Å²) in [6.45, 7) is 5.39. The van der Waals surface area contributed by atoms with Gasteiger partial charge in [-0.3, -0.25) is 4.31 Å². The number of sulfonamides is 1. The molecule has 1 aromatic carbocycles. The molecule has 1 saturated carbocycles. The quantitative estimate of drug-likeness (QED) is 0.519. The van der Waals surface area contributed by atoms with Gasteiger partial charge < -0.3 is 20.8 Å². The summed E-state index contributed by atoms with van der Waals surface area (Å²) in [6.07, 6.45) is 4.26. The largest absolute Gasteiger partial charge is 0.444 e. The first kappa shape index (κ1) is 22.9. The second-order valence-corrected chi connectivity index (χ2v) is 11.0. The summed E-state index contributed by atoms with van der Waals surface area (Å²) in [6, 6.07) is 9.43. The van der Waals surface area contributed by atoms with Crippen molar-refractivity contribution in [1.29, 1.82) is 0 Å².